The van der Waals surface area contributed by atoms with Crippen molar-refractivity contribution in [2.75, 3.05) is 17.5 Å². The first-order valence-corrected chi connectivity index (χ1v) is 7.64. The largest absolute Gasteiger partial charge is 0.449 e. The minimum atomic E-state index is -4.04. The monoisotopic (exact) mass is 300 g/mol. The smallest absolute Gasteiger partial charge is 0.422 e. The Morgan fingerprint density at radius 3 is 2.90 bits per heavy atom. The van der Waals surface area contributed by atoms with E-state index in [1.54, 1.807) is 31.2 Å². The number of carbonyl (C=O) groups excluding carboxylic acids is 1. The molecule has 1 amide bonds. The van der Waals surface area contributed by atoms with Crippen LogP contribution in [0.5, 0.6) is 0 Å². The normalized spacial score (nSPS) is 18.3. The molecule has 7 nitrogen and oxygen atoms in total. The predicted molar refractivity (Wildman–Crippen MR) is 72.4 cm³/mol. The number of benzene rings is 1. The average molecular weight is 300 g/mol. The molecule has 0 radical (unpaired) electrons. The van der Waals surface area contributed by atoms with Crippen molar-refractivity contribution in [3.63, 3.8) is 0 Å². The molecule has 110 valence electrons. The Balaban J connectivity index is 2.30. The zero-order chi connectivity index (χ0) is 14.8. The van der Waals surface area contributed by atoms with Crippen LogP contribution in [0.2, 0.25) is 0 Å². The highest BCUT2D eigenvalue weighted by molar-refractivity contribution is 7.91. The predicted octanol–water partition coefficient (Wildman–Crippen LogP) is 0.921. The summed E-state index contributed by atoms with van der Waals surface area (Å²) in [5.41, 5.74) is 0.885. The van der Waals surface area contributed by atoms with Gasteiger partial charge in [-0.05, 0) is 19.4 Å². The van der Waals surface area contributed by atoms with Gasteiger partial charge >= 0.3 is 16.3 Å². The lowest BCUT2D eigenvalue weighted by molar-refractivity contribution is 0.158. The Labute approximate surface area is 117 Å². The van der Waals surface area contributed by atoms with E-state index in [2.05, 4.69) is 4.74 Å². The van der Waals surface area contributed by atoms with Gasteiger partial charge in [0.15, 0.2) is 0 Å². The lowest BCUT2D eigenvalue weighted by Gasteiger charge is -2.32. The number of carbonyl (C=O) groups is 1. The third kappa shape index (κ3) is 2.86. The van der Waals surface area contributed by atoms with E-state index in [-0.39, 0.29) is 19.6 Å². The van der Waals surface area contributed by atoms with Gasteiger partial charge in [-0.1, -0.05) is 18.2 Å². The van der Waals surface area contributed by atoms with E-state index in [0.717, 1.165) is 4.31 Å². The zero-order valence-corrected chi connectivity index (χ0v) is 11.8. The molecule has 1 atom stereocenters. The molecular formula is C12H16N2O5S. The van der Waals surface area contributed by atoms with Crippen LogP contribution in [0.25, 0.3) is 0 Å². The molecule has 0 fully saturated rings. The molecule has 0 saturated carbocycles. The third-order valence-corrected chi connectivity index (χ3v) is 4.33. The minimum absolute atomic E-state index is 0.0800. The Morgan fingerprint density at radius 2 is 2.20 bits per heavy atom. The maximum Gasteiger partial charge on any atom is 0.422 e. The van der Waals surface area contributed by atoms with Gasteiger partial charge in [-0.25, -0.2) is 9.52 Å². The molecule has 1 aromatic carbocycles. The fourth-order valence-electron chi connectivity index (χ4n) is 2.08. The van der Waals surface area contributed by atoms with Crippen LogP contribution in [-0.2, 0) is 14.9 Å². The number of hydrogen-bond acceptors (Lipinski definition) is 5. The quantitative estimate of drug-likeness (QED) is 0.865. The SMILES string of the molecule is CCOC(=O)NS(=O)(=O)N1CCC(O)c2ccccc21. The standard InChI is InChI=1S/C12H16N2O5S/c1-2-19-12(16)13-20(17,18)14-8-7-11(15)9-5-3-4-6-10(9)14/h3-6,11,15H,2,7-8H2,1H3,(H,13,16). The van der Waals surface area contributed by atoms with Crippen molar-refractivity contribution < 1.29 is 23.1 Å². The van der Waals surface area contributed by atoms with Gasteiger partial charge in [-0.15, -0.1) is 0 Å². The summed E-state index contributed by atoms with van der Waals surface area (Å²) in [6.07, 6.45) is -1.46. The van der Waals surface area contributed by atoms with Crippen molar-refractivity contribution in [3.8, 4) is 0 Å². The number of para-hydroxylation sites is 1. The first kappa shape index (κ1) is 14.6. The van der Waals surface area contributed by atoms with Gasteiger partial charge in [0, 0.05) is 12.1 Å². The second kappa shape index (κ2) is 5.68. The van der Waals surface area contributed by atoms with Crippen LogP contribution in [0.1, 0.15) is 25.0 Å². The molecule has 0 bridgehead atoms. The van der Waals surface area contributed by atoms with E-state index >= 15 is 0 Å². The van der Waals surface area contributed by atoms with Crippen LogP contribution in [-0.4, -0.2) is 32.8 Å². The van der Waals surface area contributed by atoms with Crippen molar-refractivity contribution in [2.24, 2.45) is 0 Å². The number of rotatable bonds is 3. The van der Waals surface area contributed by atoms with Crippen LogP contribution in [0.4, 0.5) is 10.5 Å². The molecule has 0 saturated heterocycles. The number of anilines is 1. The van der Waals surface area contributed by atoms with Crippen LogP contribution >= 0.6 is 0 Å². The molecule has 0 spiro atoms. The Bertz CT molecular complexity index is 602. The molecule has 1 aliphatic rings. The van der Waals surface area contributed by atoms with Crippen LogP contribution in [0.3, 0.4) is 0 Å². The third-order valence-electron chi connectivity index (χ3n) is 2.95. The minimum Gasteiger partial charge on any atom is -0.449 e. The van der Waals surface area contributed by atoms with E-state index in [4.69, 9.17) is 0 Å². The van der Waals surface area contributed by atoms with Crippen LogP contribution < -0.4 is 9.03 Å². The molecule has 1 aliphatic heterocycles. The van der Waals surface area contributed by atoms with E-state index < -0.39 is 22.4 Å². The van der Waals surface area contributed by atoms with Crippen molar-refractivity contribution >= 4 is 22.0 Å². The molecule has 1 heterocycles. The van der Waals surface area contributed by atoms with E-state index in [1.165, 1.54) is 0 Å². The topological polar surface area (TPSA) is 95.9 Å². The lowest BCUT2D eigenvalue weighted by atomic mass is 10.0. The summed E-state index contributed by atoms with van der Waals surface area (Å²) in [6, 6.07) is 6.63. The maximum absolute atomic E-state index is 12.2. The zero-order valence-electron chi connectivity index (χ0n) is 10.9. The molecule has 20 heavy (non-hydrogen) atoms. The van der Waals surface area contributed by atoms with E-state index in [1.807, 2.05) is 4.72 Å². The van der Waals surface area contributed by atoms with Gasteiger partial charge in [0.25, 0.3) is 0 Å². The van der Waals surface area contributed by atoms with Gasteiger partial charge in [0.2, 0.25) is 0 Å². The van der Waals surface area contributed by atoms with Gasteiger partial charge in [-0.2, -0.15) is 8.42 Å². The summed E-state index contributed by atoms with van der Waals surface area (Å²) in [4.78, 5) is 11.3. The number of hydrogen-bond donors (Lipinski definition) is 2. The van der Waals surface area contributed by atoms with Gasteiger partial charge in [0.05, 0.1) is 18.4 Å². The van der Waals surface area contributed by atoms with Crippen LogP contribution in [0.15, 0.2) is 24.3 Å². The molecule has 2 rings (SSSR count). The number of fused-ring (bicyclic) bond motifs is 1. The maximum atomic E-state index is 12.2. The summed E-state index contributed by atoms with van der Waals surface area (Å²) >= 11 is 0. The molecular weight excluding hydrogens is 284 g/mol. The van der Waals surface area contributed by atoms with Crippen LogP contribution in [0, 0.1) is 0 Å². The Kier molecular flexibility index (Phi) is 4.15. The summed E-state index contributed by atoms with van der Waals surface area (Å²) in [5.74, 6) is 0. The van der Waals surface area contributed by atoms with Gasteiger partial charge in [-0.3, -0.25) is 4.31 Å². The highest BCUT2D eigenvalue weighted by atomic mass is 32.2. The fraction of sp³-hybridized carbons (Fsp3) is 0.417. The molecule has 1 aromatic rings. The van der Waals surface area contributed by atoms with Gasteiger partial charge < -0.3 is 9.84 Å². The molecule has 0 aromatic heterocycles. The average Bonchev–Trinajstić information content (AvgIpc) is 2.38. The Hall–Kier alpha value is -1.80. The lowest BCUT2D eigenvalue weighted by Crippen LogP contribution is -2.46. The summed E-state index contributed by atoms with van der Waals surface area (Å²) < 4.78 is 31.8. The first-order valence-electron chi connectivity index (χ1n) is 6.20. The number of nitrogens with zero attached hydrogens (tertiary/aromatic N) is 1. The summed E-state index contributed by atoms with van der Waals surface area (Å²) in [6.45, 7) is 1.75. The molecule has 1 unspecified atom stereocenters. The van der Waals surface area contributed by atoms with Crippen molar-refractivity contribution in [1.29, 1.82) is 0 Å². The van der Waals surface area contributed by atoms with Crippen molar-refractivity contribution in [2.45, 2.75) is 19.4 Å². The Morgan fingerprint density at radius 1 is 1.50 bits per heavy atom. The summed E-state index contributed by atoms with van der Waals surface area (Å²) in [5, 5.41) is 9.88. The number of amides is 1. The molecule has 2 N–H and O–H groups in total. The number of aliphatic hydroxyl groups is 1. The first-order chi connectivity index (χ1) is 9.45. The number of ether oxygens (including phenoxy) is 1. The van der Waals surface area contributed by atoms with E-state index in [0.29, 0.717) is 11.3 Å². The molecule has 8 heteroatoms. The van der Waals surface area contributed by atoms with Gasteiger partial charge in [0.1, 0.15) is 0 Å². The summed E-state index contributed by atoms with van der Waals surface area (Å²) in [7, 11) is -4.04. The van der Waals surface area contributed by atoms with Crippen molar-refractivity contribution in [3.05, 3.63) is 29.8 Å². The highest BCUT2D eigenvalue weighted by Crippen LogP contribution is 2.34. The second-order valence-electron chi connectivity index (χ2n) is 4.26. The number of aliphatic hydroxyl groups excluding tert-OH is 1. The second-order valence-corrected chi connectivity index (χ2v) is 5.86. The van der Waals surface area contributed by atoms with Crippen molar-refractivity contribution in [1.82, 2.24) is 4.72 Å². The number of nitrogens with one attached hydrogen (secondary N) is 1. The fourth-order valence-corrected chi connectivity index (χ4v) is 3.23. The van der Waals surface area contributed by atoms with E-state index in [9.17, 15) is 18.3 Å². The highest BCUT2D eigenvalue weighted by Gasteiger charge is 2.32. The molecule has 0 aliphatic carbocycles.